The summed E-state index contributed by atoms with van der Waals surface area (Å²) < 4.78 is 0. The maximum absolute atomic E-state index is 12.6. The summed E-state index contributed by atoms with van der Waals surface area (Å²) in [6.45, 7) is 0.872. The molecule has 0 bridgehead atoms. The fourth-order valence-corrected chi connectivity index (χ4v) is 2.85. The van der Waals surface area contributed by atoms with Gasteiger partial charge in [-0.15, -0.1) is 0 Å². The number of nitrogens with two attached hydrogens (primary N) is 2. The standard InChI is InChI=1S/C19H33N7O7/c1-10(28)15(18(31)24-13(19(32)33)6-11-7-22-9-23-11)26-17(30)14(8-27)25-16(29)12(21)4-2-3-5-20/h7,9-10,12-15,27-28H,2-6,8,20-21H2,1H3,(H,22,23)(H,24,31)(H,25,29)(H,26,30)(H,32,33). The fourth-order valence-electron chi connectivity index (χ4n) is 2.85. The number of rotatable bonds is 15. The van der Waals surface area contributed by atoms with Crippen molar-refractivity contribution in [1.82, 2.24) is 25.9 Å². The summed E-state index contributed by atoms with van der Waals surface area (Å²) in [5, 5.41) is 35.6. The van der Waals surface area contributed by atoms with Gasteiger partial charge in [0.15, 0.2) is 0 Å². The van der Waals surface area contributed by atoms with Crippen molar-refractivity contribution < 1.29 is 34.5 Å². The first-order valence-corrected chi connectivity index (χ1v) is 10.5. The number of hydrogen-bond donors (Lipinski definition) is 9. The van der Waals surface area contributed by atoms with Crippen LogP contribution in [0.1, 0.15) is 31.9 Å². The normalized spacial score (nSPS) is 15.5. The van der Waals surface area contributed by atoms with Crippen LogP contribution in [0.2, 0.25) is 0 Å². The molecule has 11 N–H and O–H groups in total. The third-order valence-corrected chi connectivity index (χ3v) is 4.78. The number of aliphatic hydroxyl groups excluding tert-OH is 2. The van der Waals surface area contributed by atoms with Gasteiger partial charge in [0, 0.05) is 18.3 Å². The number of amides is 3. The number of carbonyl (C=O) groups is 4. The van der Waals surface area contributed by atoms with Crippen LogP contribution >= 0.6 is 0 Å². The summed E-state index contributed by atoms with van der Waals surface area (Å²) in [5.41, 5.74) is 11.6. The molecule has 0 spiro atoms. The van der Waals surface area contributed by atoms with E-state index in [2.05, 4.69) is 25.9 Å². The number of aromatic nitrogens is 2. The Kier molecular flexibility index (Phi) is 12.0. The Hall–Kier alpha value is -3.07. The Morgan fingerprint density at radius 3 is 2.27 bits per heavy atom. The molecule has 1 aromatic rings. The van der Waals surface area contributed by atoms with Crippen LogP contribution in [-0.2, 0) is 25.6 Å². The molecule has 0 radical (unpaired) electrons. The van der Waals surface area contributed by atoms with Gasteiger partial charge in [-0.1, -0.05) is 6.42 Å². The second-order valence-electron chi connectivity index (χ2n) is 7.54. The molecule has 0 aromatic carbocycles. The SMILES string of the molecule is CC(O)C(NC(=O)C(CO)NC(=O)C(N)CCCCN)C(=O)NC(Cc1cnc[nH]1)C(=O)O. The number of nitrogens with one attached hydrogen (secondary N) is 4. The number of H-pyrrole nitrogens is 1. The van der Waals surface area contributed by atoms with Crippen molar-refractivity contribution in [1.29, 1.82) is 0 Å². The van der Waals surface area contributed by atoms with Gasteiger partial charge in [0.1, 0.15) is 18.1 Å². The van der Waals surface area contributed by atoms with Crippen LogP contribution in [0.4, 0.5) is 0 Å². The van der Waals surface area contributed by atoms with Crippen molar-refractivity contribution in [2.45, 2.75) is 62.9 Å². The first-order valence-electron chi connectivity index (χ1n) is 10.5. The van der Waals surface area contributed by atoms with Gasteiger partial charge in [0.2, 0.25) is 17.7 Å². The van der Waals surface area contributed by atoms with Gasteiger partial charge in [0.05, 0.1) is 25.1 Å². The maximum Gasteiger partial charge on any atom is 0.326 e. The van der Waals surface area contributed by atoms with E-state index in [1.54, 1.807) is 0 Å². The number of aliphatic hydroxyl groups is 2. The quantitative estimate of drug-likeness (QED) is 0.113. The molecule has 5 atom stereocenters. The van der Waals surface area contributed by atoms with Crippen molar-refractivity contribution in [3.8, 4) is 0 Å². The summed E-state index contributed by atoms with van der Waals surface area (Å²) in [5.74, 6) is -3.93. The zero-order chi connectivity index (χ0) is 25.0. The zero-order valence-electron chi connectivity index (χ0n) is 18.4. The highest BCUT2D eigenvalue weighted by Gasteiger charge is 2.32. The topological polar surface area (TPSA) is 246 Å². The lowest BCUT2D eigenvalue weighted by molar-refractivity contribution is -0.143. The predicted octanol–water partition coefficient (Wildman–Crippen LogP) is -3.68. The van der Waals surface area contributed by atoms with E-state index in [-0.39, 0.29) is 6.42 Å². The van der Waals surface area contributed by atoms with E-state index in [1.807, 2.05) is 0 Å². The lowest BCUT2D eigenvalue weighted by Crippen LogP contribution is -2.60. The third-order valence-electron chi connectivity index (χ3n) is 4.78. The molecule has 186 valence electrons. The molecule has 1 rings (SSSR count). The number of unbranched alkanes of at least 4 members (excludes halogenated alkanes) is 1. The molecular formula is C19H33N7O7. The molecule has 1 heterocycles. The Labute approximate surface area is 190 Å². The lowest BCUT2D eigenvalue weighted by Gasteiger charge is -2.25. The van der Waals surface area contributed by atoms with Crippen molar-refractivity contribution in [2.24, 2.45) is 11.5 Å². The van der Waals surface area contributed by atoms with E-state index in [1.165, 1.54) is 19.4 Å². The number of aliphatic carboxylic acids is 1. The second kappa shape index (κ2) is 14.2. The molecule has 0 saturated carbocycles. The highest BCUT2D eigenvalue weighted by Crippen LogP contribution is 2.03. The average Bonchev–Trinajstić information content (AvgIpc) is 3.27. The predicted molar refractivity (Wildman–Crippen MR) is 115 cm³/mol. The largest absolute Gasteiger partial charge is 0.480 e. The molecule has 1 aromatic heterocycles. The van der Waals surface area contributed by atoms with Crippen molar-refractivity contribution in [2.75, 3.05) is 13.2 Å². The molecule has 33 heavy (non-hydrogen) atoms. The van der Waals surface area contributed by atoms with Crippen LogP contribution in [0.3, 0.4) is 0 Å². The molecule has 0 fully saturated rings. The zero-order valence-corrected chi connectivity index (χ0v) is 18.4. The van der Waals surface area contributed by atoms with Crippen LogP contribution in [0.15, 0.2) is 12.5 Å². The summed E-state index contributed by atoms with van der Waals surface area (Å²) in [6, 6.07) is -5.28. The minimum Gasteiger partial charge on any atom is -0.480 e. The molecule has 0 aliphatic carbocycles. The number of carboxylic acids is 1. The molecule has 0 aliphatic rings. The molecular weight excluding hydrogens is 438 g/mol. The van der Waals surface area contributed by atoms with Crippen LogP contribution in [0.5, 0.6) is 0 Å². The molecule has 0 saturated heterocycles. The van der Waals surface area contributed by atoms with Crippen LogP contribution in [-0.4, -0.2) is 92.4 Å². The minimum atomic E-state index is -1.55. The Morgan fingerprint density at radius 2 is 1.76 bits per heavy atom. The molecule has 0 aliphatic heterocycles. The Bertz CT molecular complexity index is 773. The van der Waals surface area contributed by atoms with Crippen molar-refractivity contribution in [3.63, 3.8) is 0 Å². The summed E-state index contributed by atoms with van der Waals surface area (Å²) in [4.78, 5) is 55.3. The van der Waals surface area contributed by atoms with Gasteiger partial charge in [-0.05, 0) is 26.3 Å². The van der Waals surface area contributed by atoms with E-state index in [9.17, 15) is 34.5 Å². The van der Waals surface area contributed by atoms with Crippen molar-refractivity contribution >= 4 is 23.7 Å². The van der Waals surface area contributed by atoms with Gasteiger partial charge in [-0.2, -0.15) is 0 Å². The van der Waals surface area contributed by atoms with Gasteiger partial charge < -0.3 is 47.7 Å². The molecule has 3 amide bonds. The van der Waals surface area contributed by atoms with Crippen LogP contribution < -0.4 is 27.4 Å². The van der Waals surface area contributed by atoms with Crippen LogP contribution in [0.25, 0.3) is 0 Å². The molecule has 14 nitrogen and oxygen atoms in total. The summed E-state index contributed by atoms with van der Waals surface area (Å²) in [6.07, 6.45) is 2.83. The van der Waals surface area contributed by atoms with Crippen molar-refractivity contribution in [3.05, 3.63) is 18.2 Å². The minimum absolute atomic E-state index is 0.112. The smallest absolute Gasteiger partial charge is 0.326 e. The van der Waals surface area contributed by atoms with Gasteiger partial charge in [-0.3, -0.25) is 14.4 Å². The highest BCUT2D eigenvalue weighted by molar-refractivity contribution is 5.94. The van der Waals surface area contributed by atoms with Crippen LogP contribution in [0, 0.1) is 0 Å². The number of nitrogens with zero attached hydrogens (tertiary/aromatic N) is 1. The molecule has 14 heteroatoms. The summed E-state index contributed by atoms with van der Waals surface area (Å²) in [7, 11) is 0. The average molecular weight is 472 g/mol. The highest BCUT2D eigenvalue weighted by atomic mass is 16.4. The third kappa shape index (κ3) is 9.53. The first kappa shape index (κ1) is 28.0. The number of aromatic amines is 1. The number of carboxylic acid groups (broad SMARTS) is 1. The second-order valence-corrected chi connectivity index (χ2v) is 7.54. The van der Waals surface area contributed by atoms with Gasteiger partial charge in [0.25, 0.3) is 0 Å². The van der Waals surface area contributed by atoms with E-state index in [0.717, 1.165) is 0 Å². The Balaban J connectivity index is 2.77. The molecule has 5 unspecified atom stereocenters. The number of carbonyl (C=O) groups excluding carboxylic acids is 3. The van der Waals surface area contributed by atoms with Gasteiger partial charge >= 0.3 is 5.97 Å². The van der Waals surface area contributed by atoms with Gasteiger partial charge in [-0.25, -0.2) is 9.78 Å². The van der Waals surface area contributed by atoms with E-state index >= 15 is 0 Å². The lowest BCUT2D eigenvalue weighted by atomic mass is 10.1. The first-order chi connectivity index (χ1) is 15.6. The fraction of sp³-hybridized carbons (Fsp3) is 0.632. The maximum atomic E-state index is 12.6. The number of imidazole rings is 1. The summed E-state index contributed by atoms with van der Waals surface area (Å²) >= 11 is 0. The monoisotopic (exact) mass is 471 g/mol. The Morgan fingerprint density at radius 1 is 1.09 bits per heavy atom. The number of hydrogen-bond acceptors (Lipinski definition) is 9. The van der Waals surface area contributed by atoms with E-state index in [0.29, 0.717) is 31.5 Å². The van der Waals surface area contributed by atoms with E-state index < -0.39 is 60.6 Å². The van der Waals surface area contributed by atoms with E-state index in [4.69, 9.17) is 11.5 Å².